The van der Waals surface area contributed by atoms with Gasteiger partial charge in [-0.2, -0.15) is 0 Å². The molecule has 6 nitrogen and oxygen atoms in total. The van der Waals surface area contributed by atoms with Crippen molar-refractivity contribution in [2.24, 2.45) is 0 Å². The third kappa shape index (κ3) is 2.67. The highest BCUT2D eigenvalue weighted by Crippen LogP contribution is 2.29. The number of benzene rings is 1. The average molecular weight is 286 g/mol. The van der Waals surface area contributed by atoms with E-state index < -0.39 is 6.10 Å². The third-order valence-corrected chi connectivity index (χ3v) is 3.53. The summed E-state index contributed by atoms with van der Waals surface area (Å²) < 4.78 is 7.52. The summed E-state index contributed by atoms with van der Waals surface area (Å²) in [5.74, 6) is -0.102. The second-order valence-corrected chi connectivity index (χ2v) is 5.03. The Kier molecular flexibility index (Phi) is 3.96. The van der Waals surface area contributed by atoms with Crippen molar-refractivity contribution in [3.8, 4) is 5.69 Å². The van der Waals surface area contributed by atoms with Crippen molar-refractivity contribution in [3.05, 3.63) is 41.7 Å². The number of nitrogens with zero attached hydrogens (tertiary/aromatic N) is 3. The minimum absolute atomic E-state index is 0.102. The predicted molar refractivity (Wildman–Crippen MR) is 76.8 cm³/mol. The maximum atomic E-state index is 12.4. The molecule has 1 aromatic carbocycles. The van der Waals surface area contributed by atoms with E-state index in [4.69, 9.17) is 4.74 Å². The van der Waals surface area contributed by atoms with Crippen LogP contribution in [0.1, 0.15) is 37.1 Å². The van der Waals surface area contributed by atoms with Crippen LogP contribution in [0.15, 0.2) is 30.5 Å². The first-order chi connectivity index (χ1) is 10.3. The lowest BCUT2D eigenvalue weighted by Gasteiger charge is -2.17. The molecule has 1 aromatic heterocycles. The number of rotatable bonds is 4. The number of para-hydroxylation sites is 1. The summed E-state index contributed by atoms with van der Waals surface area (Å²) in [5.41, 5.74) is 2.50. The molecule has 21 heavy (non-hydrogen) atoms. The van der Waals surface area contributed by atoms with Crippen LogP contribution < -0.4 is 5.32 Å². The van der Waals surface area contributed by atoms with E-state index in [0.717, 1.165) is 29.8 Å². The Balaban J connectivity index is 1.90. The van der Waals surface area contributed by atoms with Gasteiger partial charge in [0, 0.05) is 12.1 Å². The fraction of sp³-hybridized carbons (Fsp3) is 0.400. The minimum atomic E-state index is -0.611. The number of aromatic nitrogens is 3. The fourth-order valence-corrected chi connectivity index (χ4v) is 2.42. The van der Waals surface area contributed by atoms with E-state index in [2.05, 4.69) is 22.6 Å². The first kappa shape index (κ1) is 13.8. The number of unbranched alkanes of at least 4 members (excludes halogenated alkanes) is 1. The quantitative estimate of drug-likeness (QED) is 0.869. The molecule has 2 heterocycles. The highest BCUT2D eigenvalue weighted by Gasteiger charge is 2.28. The number of hydrogen-bond donors (Lipinski definition) is 1. The van der Waals surface area contributed by atoms with Gasteiger partial charge in [-0.05, 0) is 12.5 Å². The minimum Gasteiger partial charge on any atom is -0.357 e. The Morgan fingerprint density at radius 3 is 3.19 bits per heavy atom. The monoisotopic (exact) mass is 286 g/mol. The largest absolute Gasteiger partial charge is 0.357 e. The van der Waals surface area contributed by atoms with Crippen molar-refractivity contribution in [2.75, 3.05) is 6.54 Å². The van der Waals surface area contributed by atoms with E-state index in [1.807, 2.05) is 24.3 Å². The van der Waals surface area contributed by atoms with Crippen LogP contribution in [0, 0.1) is 0 Å². The zero-order valence-corrected chi connectivity index (χ0v) is 12.0. The number of carbonyl (C=O) groups is 1. The van der Waals surface area contributed by atoms with Gasteiger partial charge in [-0.15, -0.1) is 5.10 Å². The van der Waals surface area contributed by atoms with E-state index >= 15 is 0 Å². The first-order valence-electron chi connectivity index (χ1n) is 7.19. The summed E-state index contributed by atoms with van der Waals surface area (Å²) >= 11 is 0. The van der Waals surface area contributed by atoms with Crippen molar-refractivity contribution in [3.63, 3.8) is 0 Å². The number of nitrogens with one attached hydrogen (secondary N) is 1. The molecule has 0 radical (unpaired) electrons. The van der Waals surface area contributed by atoms with Gasteiger partial charge in [0.2, 0.25) is 0 Å². The molecule has 1 unspecified atom stereocenters. The molecule has 1 amide bonds. The Bertz CT molecular complexity index is 638. The van der Waals surface area contributed by atoms with Gasteiger partial charge in [0.1, 0.15) is 0 Å². The molecule has 3 rings (SSSR count). The molecule has 0 spiro atoms. The third-order valence-electron chi connectivity index (χ3n) is 3.53. The topological polar surface area (TPSA) is 69.0 Å². The van der Waals surface area contributed by atoms with Crippen LogP contribution in [-0.4, -0.2) is 27.4 Å². The van der Waals surface area contributed by atoms with Crippen LogP contribution >= 0.6 is 0 Å². The molecule has 1 aliphatic heterocycles. The van der Waals surface area contributed by atoms with Gasteiger partial charge in [-0.1, -0.05) is 36.8 Å². The van der Waals surface area contributed by atoms with E-state index in [1.54, 1.807) is 10.9 Å². The molecular formula is C15H18N4O2. The maximum Gasteiger partial charge on any atom is 0.253 e. The van der Waals surface area contributed by atoms with Crippen LogP contribution in [-0.2, 0) is 16.1 Å². The normalized spacial score (nSPS) is 16.7. The Hall–Kier alpha value is -2.21. The Morgan fingerprint density at radius 2 is 2.33 bits per heavy atom. The molecule has 0 saturated carbocycles. The SMILES string of the molecule is CCCCNC(=O)C1OCc2cnnn2-c2ccccc21. The van der Waals surface area contributed by atoms with Crippen molar-refractivity contribution >= 4 is 5.91 Å². The van der Waals surface area contributed by atoms with Crippen LogP contribution in [0.5, 0.6) is 0 Å². The van der Waals surface area contributed by atoms with Gasteiger partial charge in [0.05, 0.1) is 24.2 Å². The van der Waals surface area contributed by atoms with Gasteiger partial charge in [-0.25, -0.2) is 4.68 Å². The molecule has 0 bridgehead atoms. The van der Waals surface area contributed by atoms with E-state index in [9.17, 15) is 4.79 Å². The molecule has 0 fully saturated rings. The van der Waals surface area contributed by atoms with Gasteiger partial charge < -0.3 is 10.1 Å². The molecule has 6 heteroatoms. The van der Waals surface area contributed by atoms with Gasteiger partial charge >= 0.3 is 0 Å². The summed E-state index contributed by atoms with van der Waals surface area (Å²) in [4.78, 5) is 12.4. The first-order valence-corrected chi connectivity index (χ1v) is 7.19. The summed E-state index contributed by atoms with van der Waals surface area (Å²) in [6.07, 6.45) is 3.06. The molecule has 110 valence electrons. The van der Waals surface area contributed by atoms with Gasteiger partial charge in [0.15, 0.2) is 6.10 Å². The van der Waals surface area contributed by atoms with Gasteiger partial charge in [0.25, 0.3) is 5.91 Å². The number of amides is 1. The number of hydrogen-bond acceptors (Lipinski definition) is 4. The van der Waals surface area contributed by atoms with Crippen LogP contribution in [0.25, 0.3) is 5.69 Å². The number of carbonyl (C=O) groups excluding carboxylic acids is 1. The molecular weight excluding hydrogens is 268 g/mol. The molecule has 1 aliphatic rings. The van der Waals surface area contributed by atoms with E-state index in [-0.39, 0.29) is 5.91 Å². The second kappa shape index (κ2) is 6.05. The number of ether oxygens (including phenoxy) is 1. The lowest BCUT2D eigenvalue weighted by atomic mass is 10.1. The molecule has 1 N–H and O–H groups in total. The molecule has 1 atom stereocenters. The van der Waals surface area contributed by atoms with Crippen molar-refractivity contribution < 1.29 is 9.53 Å². The molecule has 0 saturated heterocycles. The van der Waals surface area contributed by atoms with Crippen LogP contribution in [0.2, 0.25) is 0 Å². The van der Waals surface area contributed by atoms with Crippen molar-refractivity contribution in [1.82, 2.24) is 20.3 Å². The maximum absolute atomic E-state index is 12.4. The van der Waals surface area contributed by atoms with E-state index in [0.29, 0.717) is 13.2 Å². The molecule has 2 aromatic rings. The van der Waals surface area contributed by atoms with Crippen LogP contribution in [0.3, 0.4) is 0 Å². The lowest BCUT2D eigenvalue weighted by Crippen LogP contribution is -2.31. The van der Waals surface area contributed by atoms with E-state index in [1.165, 1.54) is 0 Å². The second-order valence-electron chi connectivity index (χ2n) is 5.03. The summed E-state index contributed by atoms with van der Waals surface area (Å²) in [6, 6.07) is 7.64. The van der Waals surface area contributed by atoms with Gasteiger partial charge in [-0.3, -0.25) is 4.79 Å². The highest BCUT2D eigenvalue weighted by molar-refractivity contribution is 5.83. The summed E-state index contributed by atoms with van der Waals surface area (Å²) in [6.45, 7) is 3.08. The Labute approximate surface area is 123 Å². The average Bonchev–Trinajstić information content (AvgIpc) is 2.91. The zero-order valence-electron chi connectivity index (χ0n) is 12.0. The summed E-state index contributed by atoms with van der Waals surface area (Å²) in [7, 11) is 0. The van der Waals surface area contributed by atoms with Crippen molar-refractivity contribution in [1.29, 1.82) is 0 Å². The zero-order chi connectivity index (χ0) is 14.7. The molecule has 0 aliphatic carbocycles. The standard InChI is InChI=1S/C15H18N4O2/c1-2-3-8-16-15(20)14-12-6-4-5-7-13(12)19-11(10-21-14)9-17-18-19/h4-7,9,14H,2-3,8,10H2,1H3,(H,16,20). The highest BCUT2D eigenvalue weighted by atomic mass is 16.5. The summed E-state index contributed by atoms with van der Waals surface area (Å²) in [5, 5.41) is 10.9. The van der Waals surface area contributed by atoms with Crippen LogP contribution in [0.4, 0.5) is 0 Å². The number of fused-ring (bicyclic) bond motifs is 3. The predicted octanol–water partition coefficient (Wildman–Crippen LogP) is 1.75. The van der Waals surface area contributed by atoms with Crippen molar-refractivity contribution in [2.45, 2.75) is 32.5 Å². The Morgan fingerprint density at radius 1 is 1.48 bits per heavy atom. The lowest BCUT2D eigenvalue weighted by molar-refractivity contribution is -0.134. The smallest absolute Gasteiger partial charge is 0.253 e. The fourth-order valence-electron chi connectivity index (χ4n) is 2.42.